The van der Waals surface area contributed by atoms with E-state index in [2.05, 4.69) is 46.7 Å². The summed E-state index contributed by atoms with van der Waals surface area (Å²) in [7, 11) is 0. The highest BCUT2D eigenvalue weighted by Gasteiger charge is 2.42. The molecule has 6 heteroatoms. The minimum Gasteiger partial charge on any atom is -0.374 e. The lowest BCUT2D eigenvalue weighted by Gasteiger charge is -2.37. The topological polar surface area (TPSA) is 52.6 Å². The molecule has 0 spiro atoms. The van der Waals surface area contributed by atoms with E-state index in [0.29, 0.717) is 33.9 Å². The van der Waals surface area contributed by atoms with Crippen LogP contribution in [0, 0.1) is 9.39 Å². The van der Waals surface area contributed by atoms with Crippen LogP contribution < -0.4 is 5.32 Å². The number of aliphatic hydroxyl groups excluding tert-OH is 1. The quantitative estimate of drug-likeness (QED) is 0.660. The van der Waals surface area contributed by atoms with Gasteiger partial charge in [0.05, 0.1) is 8.99 Å². The maximum Gasteiger partial charge on any atom is 0.232 e. The van der Waals surface area contributed by atoms with Crippen LogP contribution >= 0.6 is 22.6 Å². The number of nitrogens with zero attached hydrogens (tertiary/aromatic N) is 1. The van der Waals surface area contributed by atoms with Gasteiger partial charge < -0.3 is 15.3 Å². The summed E-state index contributed by atoms with van der Waals surface area (Å²) in [6.07, 6.45) is 2.13. The highest BCUT2D eigenvalue weighted by Crippen LogP contribution is 2.39. The van der Waals surface area contributed by atoms with Crippen molar-refractivity contribution in [3.63, 3.8) is 0 Å². The fraction of sp³-hybridized carbons (Fsp3) is 0.650. The van der Waals surface area contributed by atoms with E-state index in [1.807, 2.05) is 6.07 Å². The summed E-state index contributed by atoms with van der Waals surface area (Å²) in [5.74, 6) is -0.206. The molecule has 1 aromatic rings. The average Bonchev–Trinajstić information content (AvgIpc) is 2.61. The van der Waals surface area contributed by atoms with Gasteiger partial charge in [0.1, 0.15) is 12.0 Å². The molecular weight excluding hydrogens is 446 g/mol. The summed E-state index contributed by atoms with van der Waals surface area (Å²) < 4.78 is 15.9. The second-order valence-electron chi connectivity index (χ2n) is 8.09. The van der Waals surface area contributed by atoms with Gasteiger partial charge in [0.2, 0.25) is 5.91 Å². The van der Waals surface area contributed by atoms with E-state index >= 15 is 4.39 Å². The molecule has 2 aliphatic heterocycles. The van der Waals surface area contributed by atoms with Crippen LogP contribution in [0.25, 0.3) is 0 Å². The van der Waals surface area contributed by atoms with Crippen molar-refractivity contribution in [2.75, 3.05) is 13.1 Å². The lowest BCUT2D eigenvalue weighted by Crippen LogP contribution is -2.52. The van der Waals surface area contributed by atoms with Gasteiger partial charge in [-0.1, -0.05) is 12.1 Å². The number of piperidine rings is 2. The molecular formula is C20H28FIN2O2. The molecule has 2 N–H and O–H groups in total. The van der Waals surface area contributed by atoms with E-state index < -0.39 is 11.6 Å². The van der Waals surface area contributed by atoms with Crippen molar-refractivity contribution in [1.82, 2.24) is 10.2 Å². The molecule has 2 atom stereocenters. The van der Waals surface area contributed by atoms with Crippen LogP contribution in [-0.4, -0.2) is 41.3 Å². The minimum atomic E-state index is -0.928. The minimum absolute atomic E-state index is 0.275. The van der Waals surface area contributed by atoms with Crippen LogP contribution in [0.1, 0.15) is 63.5 Å². The molecule has 2 fully saturated rings. The first-order valence-corrected chi connectivity index (χ1v) is 10.5. The monoisotopic (exact) mass is 474 g/mol. The third-order valence-corrected chi connectivity index (χ3v) is 7.22. The van der Waals surface area contributed by atoms with E-state index in [1.165, 1.54) is 0 Å². The number of rotatable bonds is 3. The standard InChI is InChI=1S/C20H28FIN2O2/c1-12(2)24-10-7-13(8-11-24)14-4-5-15(17(21)18(14)22)20(3)9-6-16(25)23-19(20)26/h4-5,12-13,16,25H,6-11H2,1-3H3,(H,23,26)/t16?,20-/m1/s1. The fourth-order valence-electron chi connectivity index (χ4n) is 4.21. The molecule has 2 aliphatic rings. The van der Waals surface area contributed by atoms with E-state index in [-0.39, 0.29) is 11.7 Å². The van der Waals surface area contributed by atoms with E-state index in [1.54, 1.807) is 13.0 Å². The molecule has 1 unspecified atom stereocenters. The number of benzene rings is 1. The van der Waals surface area contributed by atoms with Gasteiger partial charge in [-0.2, -0.15) is 0 Å². The predicted octanol–water partition coefficient (Wildman–Crippen LogP) is 3.50. The van der Waals surface area contributed by atoms with Gasteiger partial charge in [-0.3, -0.25) is 4.79 Å². The zero-order valence-electron chi connectivity index (χ0n) is 15.7. The molecule has 1 aromatic carbocycles. The molecule has 2 saturated heterocycles. The first kappa shape index (κ1) is 20.0. The van der Waals surface area contributed by atoms with Gasteiger partial charge in [-0.25, -0.2) is 4.39 Å². The summed E-state index contributed by atoms with van der Waals surface area (Å²) in [6, 6.07) is 4.35. The van der Waals surface area contributed by atoms with Gasteiger partial charge in [-0.05, 0) is 93.6 Å². The Labute approximate surface area is 168 Å². The molecule has 2 heterocycles. The Hall–Kier alpha value is -0.730. The number of hydrogen-bond donors (Lipinski definition) is 2. The number of hydrogen-bond acceptors (Lipinski definition) is 3. The Balaban J connectivity index is 1.85. The van der Waals surface area contributed by atoms with Gasteiger partial charge in [0, 0.05) is 11.6 Å². The van der Waals surface area contributed by atoms with E-state index in [9.17, 15) is 9.90 Å². The summed E-state index contributed by atoms with van der Waals surface area (Å²) >= 11 is 2.10. The Morgan fingerprint density at radius 3 is 2.54 bits per heavy atom. The normalized spacial score (nSPS) is 28.4. The maximum atomic E-state index is 15.3. The first-order valence-electron chi connectivity index (χ1n) is 9.45. The number of carbonyl (C=O) groups excluding carboxylic acids is 1. The molecule has 0 radical (unpaired) electrons. The van der Waals surface area contributed by atoms with Crippen molar-refractivity contribution in [2.45, 2.75) is 70.1 Å². The Bertz CT molecular complexity index is 689. The highest BCUT2D eigenvalue weighted by molar-refractivity contribution is 14.1. The molecule has 0 aliphatic carbocycles. The van der Waals surface area contributed by atoms with Crippen LogP contribution in [0.2, 0.25) is 0 Å². The summed E-state index contributed by atoms with van der Waals surface area (Å²) in [5.41, 5.74) is 0.577. The molecule has 4 nitrogen and oxygen atoms in total. The smallest absolute Gasteiger partial charge is 0.232 e. The van der Waals surface area contributed by atoms with Gasteiger partial charge in [0.25, 0.3) is 0 Å². The zero-order valence-corrected chi connectivity index (χ0v) is 17.8. The Kier molecular flexibility index (Phi) is 5.94. The van der Waals surface area contributed by atoms with Gasteiger partial charge in [0.15, 0.2) is 0 Å². The van der Waals surface area contributed by atoms with Crippen molar-refractivity contribution in [3.05, 3.63) is 32.6 Å². The van der Waals surface area contributed by atoms with Gasteiger partial charge >= 0.3 is 0 Å². The molecule has 1 amide bonds. The molecule has 0 bridgehead atoms. The second kappa shape index (κ2) is 7.72. The molecule has 144 valence electrons. The average molecular weight is 474 g/mol. The van der Waals surface area contributed by atoms with Crippen LogP contribution in [0.15, 0.2) is 12.1 Å². The van der Waals surface area contributed by atoms with Crippen LogP contribution in [0.5, 0.6) is 0 Å². The fourth-order valence-corrected chi connectivity index (χ4v) is 5.12. The summed E-state index contributed by atoms with van der Waals surface area (Å²) in [6.45, 7) is 8.28. The lowest BCUT2D eigenvalue weighted by molar-refractivity contribution is -0.133. The zero-order chi connectivity index (χ0) is 19.1. The Morgan fingerprint density at radius 1 is 1.31 bits per heavy atom. The third-order valence-electron chi connectivity index (χ3n) is 6.12. The summed E-state index contributed by atoms with van der Waals surface area (Å²) in [5, 5.41) is 12.2. The molecule has 3 rings (SSSR count). The predicted molar refractivity (Wildman–Crippen MR) is 109 cm³/mol. The third kappa shape index (κ3) is 3.64. The molecule has 26 heavy (non-hydrogen) atoms. The van der Waals surface area contributed by atoms with E-state index in [0.717, 1.165) is 31.5 Å². The number of aliphatic hydroxyl groups is 1. The van der Waals surface area contributed by atoms with E-state index in [4.69, 9.17) is 0 Å². The maximum absolute atomic E-state index is 15.3. The van der Waals surface area contributed by atoms with Gasteiger partial charge in [-0.15, -0.1) is 0 Å². The number of nitrogens with one attached hydrogen (secondary N) is 1. The molecule has 0 aromatic heterocycles. The number of carbonyl (C=O) groups is 1. The number of halogens is 2. The van der Waals surface area contributed by atoms with Crippen molar-refractivity contribution in [2.24, 2.45) is 0 Å². The van der Waals surface area contributed by atoms with Crippen LogP contribution in [-0.2, 0) is 10.2 Å². The highest BCUT2D eigenvalue weighted by atomic mass is 127. The first-order chi connectivity index (χ1) is 12.2. The number of amides is 1. The largest absolute Gasteiger partial charge is 0.374 e. The lowest BCUT2D eigenvalue weighted by atomic mass is 9.74. The van der Waals surface area contributed by atoms with Crippen molar-refractivity contribution >= 4 is 28.5 Å². The number of likely N-dealkylation sites (tertiary alicyclic amines) is 1. The second-order valence-corrected chi connectivity index (χ2v) is 9.17. The molecule has 0 saturated carbocycles. The summed E-state index contributed by atoms with van der Waals surface area (Å²) in [4.78, 5) is 14.9. The Morgan fingerprint density at radius 2 is 1.96 bits per heavy atom. The van der Waals surface area contributed by atoms with Crippen molar-refractivity contribution in [1.29, 1.82) is 0 Å². The van der Waals surface area contributed by atoms with Crippen molar-refractivity contribution in [3.8, 4) is 0 Å². The van der Waals surface area contributed by atoms with Crippen LogP contribution in [0.3, 0.4) is 0 Å². The van der Waals surface area contributed by atoms with Crippen LogP contribution in [0.4, 0.5) is 4.39 Å². The SMILES string of the molecule is CC(C)N1CCC(c2ccc([C@@]3(C)CCC(O)NC3=O)c(F)c2I)CC1. The van der Waals surface area contributed by atoms with Crippen molar-refractivity contribution < 1.29 is 14.3 Å².